The van der Waals surface area contributed by atoms with Gasteiger partial charge in [-0.15, -0.1) is 0 Å². The average Bonchev–Trinajstić information content (AvgIpc) is 2.26. The van der Waals surface area contributed by atoms with Gasteiger partial charge >= 0.3 is 0 Å². The van der Waals surface area contributed by atoms with Gasteiger partial charge in [0.15, 0.2) is 0 Å². The summed E-state index contributed by atoms with van der Waals surface area (Å²) >= 11 is 5.42. The quantitative estimate of drug-likeness (QED) is 0.782. The summed E-state index contributed by atoms with van der Waals surface area (Å²) in [5.41, 5.74) is 7.01. The highest BCUT2D eigenvalue weighted by Gasteiger charge is 2.04. The summed E-state index contributed by atoms with van der Waals surface area (Å²) in [4.78, 5) is 0. The molecule has 2 N–H and O–H groups in total. The van der Waals surface area contributed by atoms with E-state index in [9.17, 15) is 0 Å². The molecule has 0 spiro atoms. The summed E-state index contributed by atoms with van der Waals surface area (Å²) in [7, 11) is 0. The van der Waals surface area contributed by atoms with Crippen LogP contribution in [-0.4, -0.2) is 24.2 Å². The van der Waals surface area contributed by atoms with Gasteiger partial charge in [0, 0.05) is 11.8 Å². The van der Waals surface area contributed by atoms with Crippen molar-refractivity contribution in [1.82, 2.24) is 0 Å². The monoisotopic (exact) mass is 317 g/mol. The first-order valence-electron chi connectivity index (χ1n) is 5.88. The fraction of sp³-hybridized carbons (Fsp3) is 0.538. The van der Waals surface area contributed by atoms with Crippen LogP contribution in [0.5, 0.6) is 5.75 Å². The molecule has 0 aliphatic carbocycles. The van der Waals surface area contributed by atoms with Gasteiger partial charge in [-0.3, -0.25) is 0 Å². The SMILES string of the molecule is CCSCCOc1ccc(CC(C)N)cc1Br. The molecule has 0 aliphatic rings. The fourth-order valence-electron chi connectivity index (χ4n) is 1.52. The second kappa shape index (κ2) is 8.01. The van der Waals surface area contributed by atoms with Crippen LogP contribution in [0.4, 0.5) is 0 Å². The van der Waals surface area contributed by atoms with Crippen LogP contribution in [0.3, 0.4) is 0 Å². The smallest absolute Gasteiger partial charge is 0.133 e. The largest absolute Gasteiger partial charge is 0.492 e. The average molecular weight is 318 g/mol. The number of halogens is 1. The molecule has 0 fully saturated rings. The third kappa shape index (κ3) is 5.80. The Kier molecular flexibility index (Phi) is 7.00. The number of benzene rings is 1. The Balaban J connectivity index is 2.51. The van der Waals surface area contributed by atoms with E-state index in [0.29, 0.717) is 0 Å². The van der Waals surface area contributed by atoms with Gasteiger partial charge in [0.25, 0.3) is 0 Å². The lowest BCUT2D eigenvalue weighted by Gasteiger charge is -2.10. The molecule has 0 radical (unpaired) electrons. The molecule has 0 heterocycles. The van der Waals surface area contributed by atoms with Crippen molar-refractivity contribution in [3.8, 4) is 5.75 Å². The van der Waals surface area contributed by atoms with Crippen molar-refractivity contribution < 1.29 is 4.74 Å². The maximum absolute atomic E-state index is 5.78. The third-order valence-electron chi connectivity index (χ3n) is 2.24. The summed E-state index contributed by atoms with van der Waals surface area (Å²) in [5, 5.41) is 0. The van der Waals surface area contributed by atoms with Crippen LogP contribution in [0, 0.1) is 0 Å². The number of rotatable bonds is 7. The van der Waals surface area contributed by atoms with E-state index >= 15 is 0 Å². The van der Waals surface area contributed by atoms with Gasteiger partial charge in [0.1, 0.15) is 5.75 Å². The summed E-state index contributed by atoms with van der Waals surface area (Å²) in [6.07, 6.45) is 0.893. The molecule has 0 saturated heterocycles. The summed E-state index contributed by atoms with van der Waals surface area (Å²) in [6.45, 7) is 4.92. The van der Waals surface area contributed by atoms with Crippen LogP contribution in [0.15, 0.2) is 22.7 Å². The predicted molar refractivity (Wildman–Crippen MR) is 80.0 cm³/mol. The minimum atomic E-state index is 0.189. The molecular weight excluding hydrogens is 298 g/mol. The highest BCUT2D eigenvalue weighted by molar-refractivity contribution is 9.10. The fourth-order valence-corrected chi connectivity index (χ4v) is 2.55. The highest BCUT2D eigenvalue weighted by atomic mass is 79.9. The molecule has 96 valence electrons. The van der Waals surface area contributed by atoms with Crippen LogP contribution in [0.2, 0.25) is 0 Å². The Hall–Kier alpha value is -0.190. The Morgan fingerprint density at radius 2 is 2.24 bits per heavy atom. The van der Waals surface area contributed by atoms with Crippen molar-refractivity contribution in [2.45, 2.75) is 26.3 Å². The van der Waals surface area contributed by atoms with Gasteiger partial charge in [-0.25, -0.2) is 0 Å². The standard InChI is InChI=1S/C13H20BrNOS/c1-3-17-7-6-16-13-5-4-11(8-10(2)15)9-12(13)14/h4-5,9-10H,3,6-8,15H2,1-2H3. The summed E-state index contributed by atoms with van der Waals surface area (Å²) in [5.74, 6) is 3.08. The van der Waals surface area contributed by atoms with E-state index in [1.165, 1.54) is 5.56 Å². The number of ether oxygens (including phenoxy) is 1. The van der Waals surface area contributed by atoms with Crippen molar-refractivity contribution in [1.29, 1.82) is 0 Å². The first kappa shape index (κ1) is 14.9. The lowest BCUT2D eigenvalue weighted by atomic mass is 10.1. The zero-order chi connectivity index (χ0) is 12.7. The zero-order valence-electron chi connectivity index (χ0n) is 10.4. The minimum absolute atomic E-state index is 0.189. The van der Waals surface area contributed by atoms with E-state index in [4.69, 9.17) is 10.5 Å². The lowest BCUT2D eigenvalue weighted by Crippen LogP contribution is -2.17. The van der Waals surface area contributed by atoms with E-state index in [1.54, 1.807) is 0 Å². The first-order chi connectivity index (χ1) is 8.13. The molecule has 1 aromatic rings. The Bertz CT molecular complexity index is 344. The van der Waals surface area contributed by atoms with Crippen LogP contribution >= 0.6 is 27.7 Å². The van der Waals surface area contributed by atoms with E-state index in [-0.39, 0.29) is 6.04 Å². The Morgan fingerprint density at radius 1 is 1.47 bits per heavy atom. The van der Waals surface area contributed by atoms with E-state index in [1.807, 2.05) is 24.8 Å². The molecule has 17 heavy (non-hydrogen) atoms. The van der Waals surface area contributed by atoms with Gasteiger partial charge in [-0.05, 0) is 52.7 Å². The van der Waals surface area contributed by atoms with E-state index < -0.39 is 0 Å². The Labute approximate surface area is 116 Å². The third-order valence-corrected chi connectivity index (χ3v) is 3.73. The molecule has 1 aromatic carbocycles. The maximum Gasteiger partial charge on any atom is 0.133 e. The molecule has 4 heteroatoms. The minimum Gasteiger partial charge on any atom is -0.492 e. The van der Waals surface area contributed by atoms with Crippen molar-refractivity contribution in [3.05, 3.63) is 28.2 Å². The van der Waals surface area contributed by atoms with Gasteiger partial charge in [-0.1, -0.05) is 13.0 Å². The second-order valence-corrected chi connectivity index (χ2v) is 6.24. The maximum atomic E-state index is 5.78. The highest BCUT2D eigenvalue weighted by Crippen LogP contribution is 2.26. The summed E-state index contributed by atoms with van der Waals surface area (Å²) < 4.78 is 6.71. The number of thioether (sulfide) groups is 1. The van der Waals surface area contributed by atoms with Gasteiger partial charge < -0.3 is 10.5 Å². The normalized spacial score (nSPS) is 12.5. The Morgan fingerprint density at radius 3 is 2.82 bits per heavy atom. The number of nitrogens with two attached hydrogens (primary N) is 1. The second-order valence-electron chi connectivity index (χ2n) is 3.99. The predicted octanol–water partition coefficient (Wildman–Crippen LogP) is 3.47. The molecule has 0 bridgehead atoms. The first-order valence-corrected chi connectivity index (χ1v) is 7.82. The van der Waals surface area contributed by atoms with Crippen molar-refractivity contribution in [2.75, 3.05) is 18.1 Å². The molecule has 1 unspecified atom stereocenters. The molecule has 0 saturated carbocycles. The molecule has 1 atom stereocenters. The van der Waals surface area contributed by atoms with Crippen LogP contribution in [0.1, 0.15) is 19.4 Å². The summed E-state index contributed by atoms with van der Waals surface area (Å²) in [6, 6.07) is 6.37. The number of hydrogen-bond acceptors (Lipinski definition) is 3. The molecule has 0 amide bonds. The molecule has 0 aliphatic heterocycles. The molecular formula is C13H20BrNOS. The van der Waals surface area contributed by atoms with Gasteiger partial charge in [0.2, 0.25) is 0 Å². The van der Waals surface area contributed by atoms with Crippen LogP contribution in [-0.2, 0) is 6.42 Å². The van der Waals surface area contributed by atoms with Crippen molar-refractivity contribution in [2.24, 2.45) is 5.73 Å². The number of hydrogen-bond donors (Lipinski definition) is 1. The zero-order valence-corrected chi connectivity index (χ0v) is 12.8. The van der Waals surface area contributed by atoms with Crippen molar-refractivity contribution in [3.63, 3.8) is 0 Å². The van der Waals surface area contributed by atoms with Crippen molar-refractivity contribution >= 4 is 27.7 Å². The molecule has 1 rings (SSSR count). The molecule has 0 aromatic heterocycles. The van der Waals surface area contributed by atoms with E-state index in [2.05, 4.69) is 35.0 Å². The molecule has 2 nitrogen and oxygen atoms in total. The van der Waals surface area contributed by atoms with Gasteiger partial charge in [-0.2, -0.15) is 11.8 Å². The van der Waals surface area contributed by atoms with Gasteiger partial charge in [0.05, 0.1) is 11.1 Å². The van der Waals surface area contributed by atoms with Crippen LogP contribution < -0.4 is 10.5 Å². The van der Waals surface area contributed by atoms with E-state index in [0.717, 1.165) is 34.8 Å². The lowest BCUT2D eigenvalue weighted by molar-refractivity contribution is 0.341. The van der Waals surface area contributed by atoms with Crippen LogP contribution in [0.25, 0.3) is 0 Å². The topological polar surface area (TPSA) is 35.2 Å².